The molecule has 0 aliphatic heterocycles. The van der Waals surface area contributed by atoms with Gasteiger partial charge in [0.25, 0.3) is 5.22 Å². The quantitative estimate of drug-likeness (QED) is 0.518. The number of hydrogen-bond acceptors (Lipinski definition) is 6. The van der Waals surface area contributed by atoms with E-state index in [4.69, 9.17) is 4.42 Å². The van der Waals surface area contributed by atoms with Crippen LogP contribution in [0.4, 0.5) is 0 Å². The average molecular weight is 351 g/mol. The summed E-state index contributed by atoms with van der Waals surface area (Å²) in [4.78, 5) is 9.03. The SMILES string of the molecule is Cc1cc(C)n2cc(CSc3nnc(-c4ccccc4C)o3)nc2n1. The number of fused-ring (bicyclic) bond motifs is 1. The van der Waals surface area contributed by atoms with E-state index in [1.165, 1.54) is 11.8 Å². The zero-order valence-corrected chi connectivity index (χ0v) is 15.0. The second-order valence-corrected chi connectivity index (χ2v) is 6.84. The second-order valence-electron chi connectivity index (χ2n) is 5.92. The molecule has 0 bridgehead atoms. The zero-order valence-electron chi connectivity index (χ0n) is 14.2. The van der Waals surface area contributed by atoms with E-state index >= 15 is 0 Å². The smallest absolute Gasteiger partial charge is 0.277 e. The Hall–Kier alpha value is -2.67. The van der Waals surface area contributed by atoms with Gasteiger partial charge in [0, 0.05) is 28.9 Å². The zero-order chi connectivity index (χ0) is 17.4. The minimum atomic E-state index is 0.538. The Morgan fingerprint density at radius 2 is 1.92 bits per heavy atom. The fourth-order valence-electron chi connectivity index (χ4n) is 2.71. The highest BCUT2D eigenvalue weighted by molar-refractivity contribution is 7.98. The standard InChI is InChI=1S/C18H17N5OS/c1-11-6-4-5-7-15(11)16-21-22-18(24-16)25-10-14-9-23-13(3)8-12(2)19-17(23)20-14/h4-9H,10H2,1-3H3. The lowest BCUT2D eigenvalue weighted by Crippen LogP contribution is -1.94. The number of rotatable bonds is 4. The van der Waals surface area contributed by atoms with Crippen LogP contribution >= 0.6 is 11.8 Å². The van der Waals surface area contributed by atoms with E-state index in [9.17, 15) is 0 Å². The van der Waals surface area contributed by atoms with E-state index < -0.39 is 0 Å². The van der Waals surface area contributed by atoms with Gasteiger partial charge in [0.05, 0.1) is 5.69 Å². The Morgan fingerprint density at radius 1 is 1.08 bits per heavy atom. The van der Waals surface area contributed by atoms with Gasteiger partial charge < -0.3 is 4.42 Å². The molecule has 0 saturated heterocycles. The van der Waals surface area contributed by atoms with Crippen molar-refractivity contribution in [3.8, 4) is 11.5 Å². The van der Waals surface area contributed by atoms with Crippen molar-refractivity contribution in [3.63, 3.8) is 0 Å². The summed E-state index contributed by atoms with van der Waals surface area (Å²) in [6.07, 6.45) is 2.00. The highest BCUT2D eigenvalue weighted by atomic mass is 32.2. The van der Waals surface area contributed by atoms with Gasteiger partial charge in [-0.05, 0) is 38.5 Å². The van der Waals surface area contributed by atoms with Gasteiger partial charge in [-0.2, -0.15) is 0 Å². The van der Waals surface area contributed by atoms with Gasteiger partial charge in [0.15, 0.2) is 0 Å². The summed E-state index contributed by atoms with van der Waals surface area (Å²) >= 11 is 1.48. The lowest BCUT2D eigenvalue weighted by atomic mass is 10.1. The highest BCUT2D eigenvalue weighted by Crippen LogP contribution is 2.27. The second kappa shape index (κ2) is 6.33. The largest absolute Gasteiger partial charge is 0.411 e. The number of aromatic nitrogens is 5. The first-order valence-electron chi connectivity index (χ1n) is 7.95. The van der Waals surface area contributed by atoms with E-state index in [1.54, 1.807) is 0 Å². The molecule has 7 heteroatoms. The van der Waals surface area contributed by atoms with Crippen molar-refractivity contribution in [2.24, 2.45) is 0 Å². The molecule has 3 aromatic heterocycles. The van der Waals surface area contributed by atoms with Gasteiger partial charge in [-0.3, -0.25) is 4.40 Å². The van der Waals surface area contributed by atoms with E-state index in [2.05, 4.69) is 20.2 Å². The molecule has 1 aromatic carbocycles. The predicted octanol–water partition coefficient (Wildman–Crippen LogP) is 4.00. The first-order chi connectivity index (χ1) is 12.1. The average Bonchev–Trinajstić information content (AvgIpc) is 3.20. The van der Waals surface area contributed by atoms with Crippen LogP contribution in [0.2, 0.25) is 0 Å². The molecule has 0 unspecified atom stereocenters. The molecule has 126 valence electrons. The summed E-state index contributed by atoms with van der Waals surface area (Å²) in [5.74, 6) is 1.92. The minimum absolute atomic E-state index is 0.538. The molecule has 4 aromatic rings. The molecule has 0 fully saturated rings. The predicted molar refractivity (Wildman–Crippen MR) is 96.5 cm³/mol. The Bertz CT molecular complexity index is 1050. The van der Waals surface area contributed by atoms with Gasteiger partial charge in [-0.15, -0.1) is 10.2 Å². The normalized spacial score (nSPS) is 11.3. The fraction of sp³-hybridized carbons (Fsp3) is 0.222. The molecule has 6 nitrogen and oxygen atoms in total. The first kappa shape index (κ1) is 15.8. The van der Waals surface area contributed by atoms with Crippen LogP contribution in [0.15, 0.2) is 46.2 Å². The maximum absolute atomic E-state index is 5.78. The Kier molecular flexibility index (Phi) is 4.01. The number of imidazole rings is 1. The number of thioether (sulfide) groups is 1. The monoisotopic (exact) mass is 351 g/mol. The van der Waals surface area contributed by atoms with Crippen LogP contribution in [0.3, 0.4) is 0 Å². The summed E-state index contributed by atoms with van der Waals surface area (Å²) in [6, 6.07) is 10.0. The summed E-state index contributed by atoms with van der Waals surface area (Å²) < 4.78 is 7.78. The van der Waals surface area contributed by atoms with Crippen molar-refractivity contribution in [2.75, 3.05) is 0 Å². The van der Waals surface area contributed by atoms with Gasteiger partial charge >= 0.3 is 0 Å². The van der Waals surface area contributed by atoms with E-state index in [0.29, 0.717) is 16.9 Å². The van der Waals surface area contributed by atoms with Crippen LogP contribution in [0.5, 0.6) is 0 Å². The minimum Gasteiger partial charge on any atom is -0.411 e. The van der Waals surface area contributed by atoms with E-state index in [-0.39, 0.29) is 0 Å². The van der Waals surface area contributed by atoms with Crippen LogP contribution in [0.1, 0.15) is 22.6 Å². The third-order valence-corrected chi connectivity index (χ3v) is 4.79. The van der Waals surface area contributed by atoms with Crippen molar-refractivity contribution in [1.29, 1.82) is 0 Å². The Labute approximate surface area is 149 Å². The maximum Gasteiger partial charge on any atom is 0.277 e. The van der Waals surface area contributed by atoms with E-state index in [0.717, 1.165) is 34.0 Å². The molecule has 0 N–H and O–H groups in total. The van der Waals surface area contributed by atoms with Crippen LogP contribution in [-0.4, -0.2) is 24.6 Å². The van der Waals surface area contributed by atoms with Crippen molar-refractivity contribution in [2.45, 2.75) is 31.7 Å². The van der Waals surface area contributed by atoms with Crippen molar-refractivity contribution >= 4 is 17.5 Å². The Morgan fingerprint density at radius 3 is 2.76 bits per heavy atom. The topological polar surface area (TPSA) is 69.1 Å². The summed E-state index contributed by atoms with van der Waals surface area (Å²) in [7, 11) is 0. The Balaban J connectivity index is 1.52. The number of nitrogens with zero attached hydrogens (tertiary/aromatic N) is 5. The highest BCUT2D eigenvalue weighted by Gasteiger charge is 2.12. The van der Waals surface area contributed by atoms with Gasteiger partial charge in [0.1, 0.15) is 0 Å². The molecule has 0 radical (unpaired) electrons. The number of hydrogen-bond donors (Lipinski definition) is 0. The molecular formula is C18H17N5OS. The van der Waals surface area contributed by atoms with Crippen LogP contribution in [-0.2, 0) is 5.75 Å². The van der Waals surface area contributed by atoms with Crippen LogP contribution in [0, 0.1) is 20.8 Å². The molecule has 25 heavy (non-hydrogen) atoms. The third kappa shape index (κ3) is 3.15. The molecule has 0 amide bonds. The van der Waals surface area contributed by atoms with Gasteiger partial charge in [0.2, 0.25) is 11.7 Å². The first-order valence-corrected chi connectivity index (χ1v) is 8.93. The van der Waals surface area contributed by atoms with Crippen LogP contribution in [0.25, 0.3) is 17.2 Å². The summed E-state index contributed by atoms with van der Waals surface area (Å²) in [5.41, 5.74) is 5.09. The summed E-state index contributed by atoms with van der Waals surface area (Å²) in [5, 5.41) is 8.82. The lowest BCUT2D eigenvalue weighted by molar-refractivity contribution is 0.465. The molecule has 0 saturated carbocycles. The molecule has 0 aliphatic rings. The van der Waals surface area contributed by atoms with Crippen molar-refractivity contribution in [3.05, 3.63) is 59.2 Å². The molecule has 4 rings (SSSR count). The van der Waals surface area contributed by atoms with Crippen LogP contribution < -0.4 is 0 Å². The van der Waals surface area contributed by atoms with Gasteiger partial charge in [-0.25, -0.2) is 9.97 Å². The molecule has 0 atom stereocenters. The van der Waals surface area contributed by atoms with Crippen molar-refractivity contribution < 1.29 is 4.42 Å². The number of aryl methyl sites for hydroxylation is 3. The van der Waals surface area contributed by atoms with Crippen molar-refractivity contribution in [1.82, 2.24) is 24.6 Å². The molecular weight excluding hydrogens is 334 g/mol. The van der Waals surface area contributed by atoms with Gasteiger partial charge in [-0.1, -0.05) is 30.0 Å². The lowest BCUT2D eigenvalue weighted by Gasteiger charge is -1.99. The maximum atomic E-state index is 5.78. The summed E-state index contributed by atoms with van der Waals surface area (Å²) in [6.45, 7) is 6.05. The molecule has 3 heterocycles. The fourth-order valence-corrected chi connectivity index (χ4v) is 3.36. The van der Waals surface area contributed by atoms with E-state index in [1.807, 2.05) is 61.7 Å². The molecule has 0 spiro atoms. The number of benzene rings is 1. The molecule has 0 aliphatic carbocycles. The third-order valence-electron chi connectivity index (χ3n) is 3.94.